The molecule has 8 heteroatoms. The second-order valence-electron chi connectivity index (χ2n) is 7.37. The average molecular weight is 404 g/mol. The van der Waals surface area contributed by atoms with Crippen LogP contribution < -0.4 is 19.5 Å². The van der Waals surface area contributed by atoms with Crippen LogP contribution in [0, 0.1) is 11.8 Å². The number of ether oxygens (including phenoxy) is 3. The molecule has 0 spiro atoms. The number of nitrogens with one attached hydrogen (secondary N) is 1. The van der Waals surface area contributed by atoms with Gasteiger partial charge in [0.05, 0.1) is 33.2 Å². The molecular formula is C21H28N2O6. The van der Waals surface area contributed by atoms with Gasteiger partial charge in [0.1, 0.15) is 5.75 Å². The van der Waals surface area contributed by atoms with Crippen molar-refractivity contribution >= 4 is 17.7 Å². The summed E-state index contributed by atoms with van der Waals surface area (Å²) in [5.74, 6) is 0.795. The Kier molecular flexibility index (Phi) is 6.61. The number of fused-ring (bicyclic) bond motifs is 1. The monoisotopic (exact) mass is 404 g/mol. The van der Waals surface area contributed by atoms with Crippen molar-refractivity contribution in [1.82, 2.24) is 10.2 Å². The van der Waals surface area contributed by atoms with E-state index in [9.17, 15) is 14.4 Å². The zero-order valence-corrected chi connectivity index (χ0v) is 17.2. The Bertz CT molecular complexity index is 770. The highest BCUT2D eigenvalue weighted by molar-refractivity contribution is 6.05. The lowest BCUT2D eigenvalue weighted by molar-refractivity contribution is -0.140. The quantitative estimate of drug-likeness (QED) is 0.665. The Balaban J connectivity index is 1.57. The van der Waals surface area contributed by atoms with E-state index in [-0.39, 0.29) is 49.1 Å². The molecule has 1 aliphatic heterocycles. The number of nitrogens with zero attached hydrogens (tertiary/aromatic N) is 1. The molecule has 8 nitrogen and oxygen atoms in total. The molecule has 1 aromatic carbocycles. The number of methoxy groups -OCH3 is 3. The second-order valence-corrected chi connectivity index (χ2v) is 7.37. The number of amides is 3. The van der Waals surface area contributed by atoms with Crippen LogP contribution in [-0.2, 0) is 20.9 Å². The van der Waals surface area contributed by atoms with Crippen molar-refractivity contribution in [1.29, 1.82) is 0 Å². The summed E-state index contributed by atoms with van der Waals surface area (Å²) in [5, 5.41) is 2.81. The van der Waals surface area contributed by atoms with E-state index in [1.165, 1.54) is 26.2 Å². The van der Waals surface area contributed by atoms with Gasteiger partial charge in [-0.15, -0.1) is 0 Å². The molecule has 158 valence electrons. The van der Waals surface area contributed by atoms with Gasteiger partial charge in [-0.25, -0.2) is 0 Å². The lowest BCUT2D eigenvalue weighted by atomic mass is 9.81. The Hall–Kier alpha value is -2.77. The van der Waals surface area contributed by atoms with Gasteiger partial charge in [0.25, 0.3) is 0 Å². The first-order valence-electron chi connectivity index (χ1n) is 9.91. The number of carbonyl (C=O) groups excluding carboxylic acids is 3. The molecule has 1 heterocycles. The summed E-state index contributed by atoms with van der Waals surface area (Å²) in [6.07, 6.45) is 3.60. The molecule has 2 fully saturated rings. The zero-order valence-electron chi connectivity index (χ0n) is 17.2. The van der Waals surface area contributed by atoms with Crippen LogP contribution in [0.1, 0.15) is 37.7 Å². The Labute approximate surface area is 170 Å². The molecule has 3 rings (SSSR count). The number of benzene rings is 1. The van der Waals surface area contributed by atoms with E-state index in [4.69, 9.17) is 14.2 Å². The Morgan fingerprint density at radius 1 is 0.966 bits per heavy atom. The molecule has 29 heavy (non-hydrogen) atoms. The van der Waals surface area contributed by atoms with Gasteiger partial charge in [0.15, 0.2) is 11.5 Å². The molecule has 1 saturated carbocycles. The number of carbonyl (C=O) groups is 3. The minimum atomic E-state index is -0.239. The maximum absolute atomic E-state index is 12.5. The van der Waals surface area contributed by atoms with Gasteiger partial charge in [-0.1, -0.05) is 12.8 Å². The van der Waals surface area contributed by atoms with Crippen LogP contribution in [0.15, 0.2) is 12.1 Å². The summed E-state index contributed by atoms with van der Waals surface area (Å²) in [6.45, 7) is 0.356. The average Bonchev–Trinajstić information content (AvgIpc) is 3.00. The van der Waals surface area contributed by atoms with Crippen molar-refractivity contribution in [3.8, 4) is 17.2 Å². The molecule has 2 unspecified atom stereocenters. The molecule has 1 aromatic rings. The summed E-state index contributed by atoms with van der Waals surface area (Å²) in [7, 11) is 4.61. The summed E-state index contributed by atoms with van der Waals surface area (Å²) < 4.78 is 15.9. The molecule has 1 saturated heterocycles. The summed E-state index contributed by atoms with van der Waals surface area (Å²) >= 11 is 0. The van der Waals surface area contributed by atoms with E-state index < -0.39 is 0 Å². The van der Waals surface area contributed by atoms with Crippen LogP contribution in [0.2, 0.25) is 0 Å². The fourth-order valence-electron chi connectivity index (χ4n) is 4.18. The van der Waals surface area contributed by atoms with Crippen LogP contribution in [0.25, 0.3) is 0 Å². The van der Waals surface area contributed by atoms with Crippen molar-refractivity contribution in [3.63, 3.8) is 0 Å². The predicted molar refractivity (Wildman–Crippen MR) is 105 cm³/mol. The number of likely N-dealkylation sites (tertiary alicyclic amines) is 1. The molecule has 3 amide bonds. The lowest BCUT2D eigenvalue weighted by Gasteiger charge is -2.19. The fraction of sp³-hybridized carbons (Fsp3) is 0.571. The second kappa shape index (κ2) is 9.15. The van der Waals surface area contributed by atoms with Crippen LogP contribution in [-0.4, -0.2) is 50.5 Å². The zero-order chi connectivity index (χ0) is 21.0. The highest BCUT2D eigenvalue weighted by Crippen LogP contribution is 2.38. The Morgan fingerprint density at radius 3 is 2.07 bits per heavy atom. The maximum Gasteiger partial charge on any atom is 0.233 e. The maximum atomic E-state index is 12.5. The van der Waals surface area contributed by atoms with Crippen LogP contribution in [0.5, 0.6) is 17.2 Å². The van der Waals surface area contributed by atoms with Gasteiger partial charge in [-0.3, -0.25) is 19.3 Å². The molecule has 0 aromatic heterocycles. The van der Waals surface area contributed by atoms with E-state index in [0.29, 0.717) is 17.2 Å². The lowest BCUT2D eigenvalue weighted by Crippen LogP contribution is -2.35. The van der Waals surface area contributed by atoms with E-state index in [0.717, 1.165) is 31.2 Å². The third kappa shape index (κ3) is 4.31. The van der Waals surface area contributed by atoms with Gasteiger partial charge in [0, 0.05) is 31.1 Å². The van der Waals surface area contributed by atoms with Crippen LogP contribution in [0.3, 0.4) is 0 Å². The number of rotatable bonds is 8. The smallest absolute Gasteiger partial charge is 0.233 e. The van der Waals surface area contributed by atoms with Crippen LogP contribution in [0.4, 0.5) is 0 Å². The van der Waals surface area contributed by atoms with Gasteiger partial charge < -0.3 is 19.5 Å². The molecule has 0 radical (unpaired) electrons. The third-order valence-electron chi connectivity index (χ3n) is 5.76. The topological polar surface area (TPSA) is 94.2 Å². The number of hydrogen-bond acceptors (Lipinski definition) is 6. The SMILES string of the molecule is COc1cc(OC)c(OC)cc1CNC(=O)CCN1C(=O)C2CCCCC2C1=O. The van der Waals surface area contributed by atoms with E-state index in [1.54, 1.807) is 12.1 Å². The van der Waals surface area contributed by atoms with Gasteiger partial charge >= 0.3 is 0 Å². The fourth-order valence-corrected chi connectivity index (χ4v) is 4.18. The standard InChI is InChI=1S/C21H28N2O6/c1-27-16-11-18(29-3)17(28-2)10-13(16)12-22-19(24)8-9-23-20(25)14-6-4-5-7-15(14)21(23)26/h10-11,14-15H,4-9,12H2,1-3H3,(H,22,24). The van der Waals surface area contributed by atoms with Crippen LogP contribution >= 0.6 is 0 Å². The first-order chi connectivity index (χ1) is 14.0. The van der Waals surface area contributed by atoms with Crippen molar-refractivity contribution in [2.24, 2.45) is 11.8 Å². The van der Waals surface area contributed by atoms with Crippen molar-refractivity contribution < 1.29 is 28.6 Å². The highest BCUT2D eigenvalue weighted by atomic mass is 16.5. The van der Waals surface area contributed by atoms with Crippen molar-refractivity contribution in [2.45, 2.75) is 38.6 Å². The number of hydrogen-bond donors (Lipinski definition) is 1. The van der Waals surface area contributed by atoms with Gasteiger partial charge in [0.2, 0.25) is 17.7 Å². The first-order valence-corrected chi connectivity index (χ1v) is 9.91. The van der Waals surface area contributed by atoms with Gasteiger partial charge in [-0.2, -0.15) is 0 Å². The summed E-state index contributed by atoms with van der Waals surface area (Å²) in [5.41, 5.74) is 0.734. The molecule has 1 aliphatic carbocycles. The molecule has 1 N–H and O–H groups in total. The molecule has 2 aliphatic rings. The minimum Gasteiger partial charge on any atom is -0.496 e. The van der Waals surface area contributed by atoms with Gasteiger partial charge in [-0.05, 0) is 18.9 Å². The van der Waals surface area contributed by atoms with E-state index in [1.807, 2.05) is 0 Å². The third-order valence-corrected chi connectivity index (χ3v) is 5.76. The molecule has 2 atom stereocenters. The first kappa shape index (κ1) is 21.0. The Morgan fingerprint density at radius 2 is 1.52 bits per heavy atom. The molecule has 0 bridgehead atoms. The van der Waals surface area contributed by atoms with Crippen molar-refractivity contribution in [2.75, 3.05) is 27.9 Å². The molecular weight excluding hydrogens is 376 g/mol. The van der Waals surface area contributed by atoms with E-state index in [2.05, 4.69) is 5.32 Å². The van der Waals surface area contributed by atoms with E-state index >= 15 is 0 Å². The van der Waals surface area contributed by atoms with Crippen molar-refractivity contribution in [3.05, 3.63) is 17.7 Å². The summed E-state index contributed by atoms with van der Waals surface area (Å²) in [6, 6.07) is 3.44. The number of imide groups is 1. The predicted octanol–water partition coefficient (Wildman–Crippen LogP) is 1.89. The largest absolute Gasteiger partial charge is 0.496 e. The minimum absolute atomic E-state index is 0.0759. The highest BCUT2D eigenvalue weighted by Gasteiger charge is 2.47. The summed E-state index contributed by atoms with van der Waals surface area (Å²) in [4.78, 5) is 38.6. The normalized spacial score (nSPS) is 21.0.